The Morgan fingerprint density at radius 1 is 1.26 bits per heavy atom. The van der Waals surface area contributed by atoms with Gasteiger partial charge in [0.1, 0.15) is 0 Å². The predicted octanol–water partition coefficient (Wildman–Crippen LogP) is 8.23. The summed E-state index contributed by atoms with van der Waals surface area (Å²) in [5.74, 6) is 1.80. The lowest BCUT2D eigenvalue weighted by molar-refractivity contribution is 0.176. The molecular formula is C29H44ClN5. The Labute approximate surface area is 217 Å². The maximum atomic E-state index is 5.44. The van der Waals surface area contributed by atoms with Crippen molar-refractivity contribution in [3.63, 3.8) is 0 Å². The molecule has 0 N–H and O–H groups in total. The number of allylic oxidation sites excluding steroid dienone is 4. The standard InChI is InChI=1S/C22H29N5.C5H9Cl.C2H6/c1-5-16(3)13-26-21-19(11-8-12-23-21)27-20(17(4)24-22(26)27)15-25(6-2)14-18-9-7-10-18;1-3-4-5(2)6;1-2/h5,8,11-13,18H,1,6-7,9-10,14-15H2,2-4H3;4H,3H2,1-2H3;1-2H3/b16-13+;5-4+;. The molecule has 1 aliphatic carbocycles. The molecule has 0 saturated heterocycles. The van der Waals surface area contributed by atoms with E-state index in [2.05, 4.69) is 58.5 Å². The van der Waals surface area contributed by atoms with E-state index in [0.717, 1.165) is 58.7 Å². The summed E-state index contributed by atoms with van der Waals surface area (Å²) in [5.41, 5.74) is 5.50. The normalized spacial score (nSPS) is 14.4. The number of aromatic nitrogens is 4. The van der Waals surface area contributed by atoms with Crippen LogP contribution in [0.25, 0.3) is 23.1 Å². The molecule has 1 aliphatic rings. The Morgan fingerprint density at radius 3 is 2.49 bits per heavy atom. The van der Waals surface area contributed by atoms with E-state index in [4.69, 9.17) is 16.6 Å². The first-order chi connectivity index (χ1) is 16.9. The van der Waals surface area contributed by atoms with Gasteiger partial charge in [-0.3, -0.25) is 13.9 Å². The van der Waals surface area contributed by atoms with Crippen LogP contribution in [0.3, 0.4) is 0 Å². The van der Waals surface area contributed by atoms with Crippen LogP contribution in [0.15, 0.2) is 47.7 Å². The third-order valence-corrected chi connectivity index (χ3v) is 6.46. The minimum atomic E-state index is 0.870. The maximum Gasteiger partial charge on any atom is 0.220 e. The largest absolute Gasteiger partial charge is 0.298 e. The third-order valence-electron chi connectivity index (χ3n) is 6.31. The van der Waals surface area contributed by atoms with E-state index in [1.54, 1.807) is 0 Å². The molecule has 4 rings (SSSR count). The van der Waals surface area contributed by atoms with Gasteiger partial charge in [0.25, 0.3) is 0 Å². The van der Waals surface area contributed by atoms with E-state index < -0.39 is 0 Å². The van der Waals surface area contributed by atoms with Crippen molar-refractivity contribution < 1.29 is 0 Å². The SMILES string of the molecule is C=C/C(C)=C/n1c2ncccc2n2c(CN(CC)CC3CCC3)c(C)nc12.CC.CC/C=C(\C)Cl. The number of nitrogens with zero attached hydrogens (tertiary/aromatic N) is 5. The molecule has 0 aromatic carbocycles. The van der Waals surface area contributed by atoms with Crippen molar-refractivity contribution >= 4 is 34.7 Å². The fourth-order valence-electron chi connectivity index (χ4n) is 4.20. The summed E-state index contributed by atoms with van der Waals surface area (Å²) >= 11 is 5.44. The second kappa shape index (κ2) is 14.3. The summed E-state index contributed by atoms with van der Waals surface area (Å²) in [6, 6.07) is 4.14. The highest BCUT2D eigenvalue weighted by atomic mass is 35.5. The molecule has 0 atom stereocenters. The van der Waals surface area contributed by atoms with Gasteiger partial charge in [-0.15, -0.1) is 0 Å². The van der Waals surface area contributed by atoms with Crippen LogP contribution in [0.1, 0.15) is 78.6 Å². The average Bonchev–Trinajstić information content (AvgIpc) is 3.30. The Morgan fingerprint density at radius 2 is 1.97 bits per heavy atom. The molecule has 3 heterocycles. The molecule has 5 nitrogen and oxygen atoms in total. The highest BCUT2D eigenvalue weighted by Crippen LogP contribution is 2.29. The van der Waals surface area contributed by atoms with Gasteiger partial charge in [0.2, 0.25) is 5.78 Å². The van der Waals surface area contributed by atoms with E-state index in [1.807, 2.05) is 52.1 Å². The van der Waals surface area contributed by atoms with E-state index in [-0.39, 0.29) is 0 Å². The van der Waals surface area contributed by atoms with Gasteiger partial charge >= 0.3 is 0 Å². The molecule has 0 spiro atoms. The van der Waals surface area contributed by atoms with E-state index >= 15 is 0 Å². The summed E-state index contributed by atoms with van der Waals surface area (Å²) < 4.78 is 4.37. The summed E-state index contributed by atoms with van der Waals surface area (Å²) in [6.07, 6.45) is 12.9. The number of pyridine rings is 1. The highest BCUT2D eigenvalue weighted by Gasteiger charge is 2.23. The number of aryl methyl sites for hydroxylation is 1. The number of fused-ring (bicyclic) bond motifs is 3. The van der Waals surface area contributed by atoms with Gasteiger partial charge in [0.15, 0.2) is 5.65 Å². The van der Waals surface area contributed by atoms with Crippen LogP contribution in [-0.2, 0) is 6.54 Å². The van der Waals surface area contributed by atoms with E-state index in [0.29, 0.717) is 0 Å². The molecule has 0 radical (unpaired) electrons. The number of hydrogen-bond donors (Lipinski definition) is 0. The minimum Gasteiger partial charge on any atom is -0.298 e. The molecule has 0 unspecified atom stereocenters. The predicted molar refractivity (Wildman–Crippen MR) is 153 cm³/mol. The smallest absolute Gasteiger partial charge is 0.220 e. The molecule has 0 aliphatic heterocycles. The fraction of sp³-hybridized carbons (Fsp3) is 0.517. The van der Waals surface area contributed by atoms with Gasteiger partial charge in [-0.25, -0.2) is 9.97 Å². The lowest BCUT2D eigenvalue weighted by Gasteiger charge is -2.31. The lowest BCUT2D eigenvalue weighted by atomic mass is 9.85. The van der Waals surface area contributed by atoms with E-state index in [9.17, 15) is 0 Å². The van der Waals surface area contributed by atoms with Crippen LogP contribution in [0.5, 0.6) is 0 Å². The highest BCUT2D eigenvalue weighted by molar-refractivity contribution is 6.29. The quantitative estimate of drug-likeness (QED) is 0.294. The van der Waals surface area contributed by atoms with Crippen molar-refractivity contribution in [1.29, 1.82) is 0 Å². The average molecular weight is 498 g/mol. The van der Waals surface area contributed by atoms with Crippen LogP contribution >= 0.6 is 11.6 Å². The van der Waals surface area contributed by atoms with Crippen LogP contribution in [-0.4, -0.2) is 36.9 Å². The van der Waals surface area contributed by atoms with Crippen molar-refractivity contribution in [2.45, 2.75) is 80.7 Å². The summed E-state index contributed by atoms with van der Waals surface area (Å²) in [6.45, 7) is 21.4. The molecule has 1 saturated carbocycles. The second-order valence-electron chi connectivity index (χ2n) is 8.90. The van der Waals surface area contributed by atoms with Gasteiger partial charge in [-0.2, -0.15) is 0 Å². The molecule has 192 valence electrons. The summed E-state index contributed by atoms with van der Waals surface area (Å²) in [5, 5.41) is 0.887. The maximum absolute atomic E-state index is 5.44. The molecule has 0 amide bonds. The summed E-state index contributed by atoms with van der Waals surface area (Å²) in [4.78, 5) is 12.1. The number of halogens is 1. The first kappa shape index (κ1) is 28.9. The molecule has 3 aromatic rings. The molecule has 35 heavy (non-hydrogen) atoms. The monoisotopic (exact) mass is 497 g/mol. The van der Waals surface area contributed by atoms with Crippen LogP contribution in [0.4, 0.5) is 0 Å². The number of imidazole rings is 2. The van der Waals surface area contributed by atoms with Crippen molar-refractivity contribution in [3.8, 4) is 0 Å². The van der Waals surface area contributed by atoms with Crippen molar-refractivity contribution in [2.24, 2.45) is 5.92 Å². The van der Waals surface area contributed by atoms with Crippen molar-refractivity contribution in [1.82, 2.24) is 23.8 Å². The zero-order valence-corrected chi connectivity index (χ0v) is 23.6. The van der Waals surface area contributed by atoms with Crippen LogP contribution in [0, 0.1) is 12.8 Å². The minimum absolute atomic E-state index is 0.870. The fourth-order valence-corrected chi connectivity index (χ4v) is 4.36. The summed E-state index contributed by atoms with van der Waals surface area (Å²) in [7, 11) is 0. The van der Waals surface area contributed by atoms with Crippen molar-refractivity contribution in [2.75, 3.05) is 13.1 Å². The zero-order valence-electron chi connectivity index (χ0n) is 22.8. The number of rotatable bonds is 8. The molecule has 3 aromatic heterocycles. The molecular weight excluding hydrogens is 454 g/mol. The Hall–Kier alpha value is -2.37. The van der Waals surface area contributed by atoms with Gasteiger partial charge in [0.05, 0.1) is 16.9 Å². The Kier molecular flexibility index (Phi) is 11.8. The first-order valence-corrected chi connectivity index (χ1v) is 13.5. The van der Waals surface area contributed by atoms with Gasteiger partial charge in [-0.05, 0) is 70.2 Å². The van der Waals surface area contributed by atoms with Crippen LogP contribution < -0.4 is 0 Å². The molecule has 1 fully saturated rings. The van der Waals surface area contributed by atoms with Gasteiger partial charge in [0, 0.05) is 30.5 Å². The third kappa shape index (κ3) is 7.31. The Balaban J connectivity index is 0.000000474. The Bertz CT molecular complexity index is 1140. The first-order valence-electron chi connectivity index (χ1n) is 13.1. The zero-order chi connectivity index (χ0) is 26.0. The van der Waals surface area contributed by atoms with Crippen LogP contribution in [0.2, 0.25) is 0 Å². The van der Waals surface area contributed by atoms with E-state index in [1.165, 1.54) is 31.5 Å². The topological polar surface area (TPSA) is 38.4 Å². The second-order valence-corrected chi connectivity index (χ2v) is 9.49. The molecule has 6 heteroatoms. The van der Waals surface area contributed by atoms with Gasteiger partial charge in [-0.1, -0.05) is 64.4 Å². The number of hydrogen-bond acceptors (Lipinski definition) is 3. The lowest BCUT2D eigenvalue weighted by Crippen LogP contribution is -2.32. The van der Waals surface area contributed by atoms with Crippen molar-refractivity contribution in [3.05, 3.63) is 59.1 Å². The molecule has 0 bridgehead atoms. The van der Waals surface area contributed by atoms with Gasteiger partial charge < -0.3 is 0 Å².